The van der Waals surface area contributed by atoms with E-state index in [1.54, 1.807) is 6.92 Å². The van der Waals surface area contributed by atoms with E-state index in [0.717, 1.165) is 17.6 Å². The number of hydrogen-bond acceptors (Lipinski definition) is 12. The number of nitrogens with zero attached hydrogens (tertiary/aromatic N) is 5. The van der Waals surface area contributed by atoms with Crippen LogP contribution in [-0.4, -0.2) is 66.4 Å². The summed E-state index contributed by atoms with van der Waals surface area (Å²) in [5.74, 6) is -1.97. The first kappa shape index (κ1) is 20.2. The second-order valence-electron chi connectivity index (χ2n) is 6.00. The number of amides is 2. The summed E-state index contributed by atoms with van der Waals surface area (Å²) in [6, 6.07) is -0.879. The molecule has 2 aromatic rings. The number of aryl methyl sites for hydroxylation is 1. The second kappa shape index (κ2) is 8.00. The van der Waals surface area contributed by atoms with Gasteiger partial charge in [0, 0.05) is 11.3 Å². The van der Waals surface area contributed by atoms with Crippen molar-refractivity contribution in [3.63, 3.8) is 0 Å². The Morgan fingerprint density at radius 2 is 2.27 bits per heavy atom. The number of nitrogens with two attached hydrogens (primary N) is 1. The highest BCUT2D eigenvalue weighted by atomic mass is 32.2. The molecule has 1 fully saturated rings. The van der Waals surface area contributed by atoms with E-state index in [0.29, 0.717) is 26.5 Å². The van der Waals surface area contributed by atoms with Crippen LogP contribution in [0.5, 0.6) is 5.88 Å². The number of aromatic nitrogens is 3. The summed E-state index contributed by atoms with van der Waals surface area (Å²) in [5, 5.41) is 26.0. The molecule has 2 aromatic heterocycles. The lowest BCUT2D eigenvalue weighted by atomic mass is 10.0. The zero-order valence-electron chi connectivity index (χ0n) is 15.1. The number of β-lactam (4-membered cyclic amide) rings is 1. The number of carboxylic acids is 1. The predicted molar refractivity (Wildman–Crippen MR) is 110 cm³/mol. The van der Waals surface area contributed by atoms with Gasteiger partial charge in [0.2, 0.25) is 0 Å². The Morgan fingerprint density at radius 1 is 1.47 bits per heavy atom. The SMILES string of the molecule is Cc1nnc(C2=C(C(=O)O)N3C(=O)C(NC(=O)/C=N/Oc4csc(N)n4)C3SC2)s1. The Bertz CT molecular complexity index is 1090. The number of carbonyl (C=O) groups is 3. The molecule has 4 N–H and O–H groups in total. The number of carboxylic acid groups (broad SMARTS) is 1. The molecule has 30 heavy (non-hydrogen) atoms. The largest absolute Gasteiger partial charge is 0.477 e. The summed E-state index contributed by atoms with van der Waals surface area (Å²) in [4.78, 5) is 46.4. The van der Waals surface area contributed by atoms with Crippen molar-refractivity contribution in [1.82, 2.24) is 25.4 Å². The van der Waals surface area contributed by atoms with E-state index in [1.807, 2.05) is 0 Å². The van der Waals surface area contributed by atoms with Crippen LogP contribution in [0, 0.1) is 6.92 Å². The average molecular weight is 468 g/mol. The summed E-state index contributed by atoms with van der Waals surface area (Å²) in [6.07, 6.45) is 0.863. The molecule has 0 radical (unpaired) electrons. The molecule has 0 aliphatic carbocycles. The molecule has 4 rings (SSSR count). The van der Waals surface area contributed by atoms with E-state index in [1.165, 1.54) is 33.4 Å². The van der Waals surface area contributed by atoms with E-state index in [-0.39, 0.29) is 11.6 Å². The van der Waals surface area contributed by atoms with Crippen molar-refractivity contribution in [2.24, 2.45) is 5.16 Å². The van der Waals surface area contributed by atoms with Crippen molar-refractivity contribution in [3.8, 4) is 5.88 Å². The Morgan fingerprint density at radius 3 is 2.90 bits per heavy atom. The smallest absolute Gasteiger partial charge is 0.353 e. The molecule has 0 aromatic carbocycles. The van der Waals surface area contributed by atoms with E-state index >= 15 is 0 Å². The summed E-state index contributed by atoms with van der Waals surface area (Å²) in [7, 11) is 0. The molecule has 0 saturated carbocycles. The number of anilines is 1. The summed E-state index contributed by atoms with van der Waals surface area (Å²) in [6.45, 7) is 1.76. The van der Waals surface area contributed by atoms with Crippen LogP contribution in [0.25, 0.3) is 5.57 Å². The lowest BCUT2D eigenvalue weighted by Gasteiger charge is -2.49. The van der Waals surface area contributed by atoms with Crippen LogP contribution in [0.1, 0.15) is 10.0 Å². The number of thiazole rings is 1. The van der Waals surface area contributed by atoms with Gasteiger partial charge in [-0.3, -0.25) is 14.5 Å². The monoisotopic (exact) mass is 467 g/mol. The standard InChI is InChI=1S/C15H13N7O5S3/c1-5-20-21-11(30-5)6-3-28-13-9(12(24)22(13)10(6)14(25)26)18-7(23)2-17-27-8-4-29-15(16)19-8/h2,4,9,13H,3H2,1H3,(H2,16,19)(H,18,23)(H,25,26)/b17-2+. The van der Waals surface area contributed by atoms with Crippen LogP contribution in [0.3, 0.4) is 0 Å². The lowest BCUT2D eigenvalue weighted by Crippen LogP contribution is -2.70. The van der Waals surface area contributed by atoms with Crippen LogP contribution in [-0.2, 0) is 14.4 Å². The highest BCUT2D eigenvalue weighted by molar-refractivity contribution is 8.00. The number of oxime groups is 1. The molecule has 2 aliphatic rings. The fourth-order valence-electron chi connectivity index (χ4n) is 2.83. The van der Waals surface area contributed by atoms with Crippen LogP contribution < -0.4 is 15.9 Å². The average Bonchev–Trinajstić information content (AvgIpc) is 3.32. The zero-order valence-corrected chi connectivity index (χ0v) is 17.6. The third-order valence-electron chi connectivity index (χ3n) is 4.07. The molecular weight excluding hydrogens is 454 g/mol. The minimum absolute atomic E-state index is 0.136. The normalized spacial score (nSPS) is 20.8. The van der Waals surface area contributed by atoms with Gasteiger partial charge in [-0.05, 0) is 6.92 Å². The lowest BCUT2D eigenvalue weighted by molar-refractivity contribution is -0.149. The molecule has 1 saturated heterocycles. The van der Waals surface area contributed by atoms with Gasteiger partial charge < -0.3 is 21.0 Å². The van der Waals surface area contributed by atoms with E-state index in [2.05, 4.69) is 25.7 Å². The van der Waals surface area contributed by atoms with E-state index in [4.69, 9.17) is 10.6 Å². The van der Waals surface area contributed by atoms with Gasteiger partial charge in [0.1, 0.15) is 33.3 Å². The van der Waals surface area contributed by atoms with Crippen molar-refractivity contribution >= 4 is 69.1 Å². The fourth-order valence-corrected chi connectivity index (χ4v) is 5.47. The maximum atomic E-state index is 12.6. The third kappa shape index (κ3) is 3.73. The molecule has 2 aliphatic heterocycles. The number of nitrogen functional groups attached to an aromatic ring is 1. The Kier molecular flexibility index (Phi) is 5.40. The van der Waals surface area contributed by atoms with Crippen molar-refractivity contribution < 1.29 is 24.3 Å². The van der Waals surface area contributed by atoms with Gasteiger partial charge in [-0.2, -0.15) is 4.98 Å². The Labute approximate surface area is 180 Å². The minimum Gasteiger partial charge on any atom is -0.477 e. The third-order valence-corrected chi connectivity index (χ3v) is 6.90. The first-order valence-corrected chi connectivity index (χ1v) is 11.0. The van der Waals surface area contributed by atoms with Gasteiger partial charge >= 0.3 is 5.97 Å². The number of fused-ring (bicyclic) bond motifs is 1. The van der Waals surface area contributed by atoms with Gasteiger partial charge in [0.15, 0.2) is 5.13 Å². The summed E-state index contributed by atoms with van der Waals surface area (Å²) < 4.78 is 0. The summed E-state index contributed by atoms with van der Waals surface area (Å²) >= 11 is 3.75. The molecular formula is C15H13N7O5S3. The number of carbonyl (C=O) groups excluding carboxylic acids is 2. The van der Waals surface area contributed by atoms with E-state index in [9.17, 15) is 19.5 Å². The number of rotatable bonds is 6. The number of thioether (sulfide) groups is 1. The molecule has 2 unspecified atom stereocenters. The molecule has 4 heterocycles. The fraction of sp³-hybridized carbons (Fsp3) is 0.267. The Balaban J connectivity index is 1.44. The molecule has 156 valence electrons. The van der Waals surface area contributed by atoms with Crippen molar-refractivity contribution in [2.45, 2.75) is 18.3 Å². The van der Waals surface area contributed by atoms with Crippen molar-refractivity contribution in [1.29, 1.82) is 0 Å². The van der Waals surface area contributed by atoms with Crippen molar-refractivity contribution in [3.05, 3.63) is 21.1 Å². The van der Waals surface area contributed by atoms with Gasteiger partial charge in [0.25, 0.3) is 17.7 Å². The maximum absolute atomic E-state index is 12.6. The highest BCUT2D eigenvalue weighted by Gasteiger charge is 2.54. The molecule has 0 spiro atoms. The molecule has 2 amide bonds. The van der Waals surface area contributed by atoms with Gasteiger partial charge in [0.05, 0.1) is 5.38 Å². The molecule has 12 nitrogen and oxygen atoms in total. The quantitative estimate of drug-likeness (QED) is 0.301. The minimum atomic E-state index is -1.24. The molecule has 15 heteroatoms. The first-order valence-electron chi connectivity index (χ1n) is 8.28. The number of aliphatic carboxylic acids is 1. The van der Waals surface area contributed by atoms with Crippen LogP contribution in [0.2, 0.25) is 0 Å². The van der Waals surface area contributed by atoms with Crippen LogP contribution in [0.4, 0.5) is 5.13 Å². The van der Waals surface area contributed by atoms with Crippen molar-refractivity contribution in [2.75, 3.05) is 11.5 Å². The Hall–Kier alpha value is -3.04. The second-order valence-corrected chi connectivity index (χ2v) is 9.18. The van der Waals surface area contributed by atoms with E-state index < -0.39 is 29.2 Å². The topological polar surface area (TPSA) is 173 Å². The van der Waals surface area contributed by atoms with Crippen LogP contribution in [0.15, 0.2) is 16.2 Å². The highest BCUT2D eigenvalue weighted by Crippen LogP contribution is 2.43. The first-order chi connectivity index (χ1) is 14.3. The molecule has 2 atom stereocenters. The van der Waals surface area contributed by atoms with Gasteiger partial charge in [-0.1, -0.05) is 16.5 Å². The van der Waals surface area contributed by atoms with Gasteiger partial charge in [-0.15, -0.1) is 33.3 Å². The number of nitrogens with one attached hydrogen (secondary N) is 1. The zero-order chi connectivity index (χ0) is 21.4. The molecule has 0 bridgehead atoms. The summed E-state index contributed by atoms with van der Waals surface area (Å²) in [5.41, 5.74) is 5.76. The van der Waals surface area contributed by atoms with Crippen LogP contribution >= 0.6 is 34.4 Å². The maximum Gasteiger partial charge on any atom is 0.353 e. The van der Waals surface area contributed by atoms with Gasteiger partial charge in [-0.25, -0.2) is 4.79 Å². The predicted octanol–water partition coefficient (Wildman–Crippen LogP) is 0.146. The number of hydrogen-bond donors (Lipinski definition) is 3.